The van der Waals surface area contributed by atoms with Crippen molar-refractivity contribution in [1.82, 2.24) is 0 Å². The molecule has 5 heterocycles. The molecule has 0 saturated heterocycles. The van der Waals surface area contributed by atoms with Crippen molar-refractivity contribution in [3.8, 4) is 34.1 Å². The highest BCUT2D eigenvalue weighted by Gasteiger charge is 2.31. The summed E-state index contributed by atoms with van der Waals surface area (Å²) in [6.45, 7) is 0. The Morgan fingerprint density at radius 3 is 1.46 bits per heavy atom. The average molecular weight is 1150 g/mol. The molecule has 0 unspecified atom stereocenters. The SMILES string of the molecule is c1ccc2c(c1)Oc1ccc(N(c3ccc4c(c3)Sc3ccccc3S4)c3cc(-c4cc5ccccc5cc4N(c4ccc5c(c4)Sc4ccccc4S5)c4cccc5c4Sc4ccccc4S5)cc4oc5ccccc5c34)cc1O2. The van der Waals surface area contributed by atoms with E-state index in [0.29, 0.717) is 23.0 Å². The minimum atomic E-state index is 0.639. The largest absolute Gasteiger partial charge is 0.456 e. The topological polar surface area (TPSA) is 38.1 Å². The van der Waals surface area contributed by atoms with Gasteiger partial charge in [-0.1, -0.05) is 168 Å². The van der Waals surface area contributed by atoms with Gasteiger partial charge in [-0.05, 0) is 156 Å². The maximum absolute atomic E-state index is 7.09. The number of hydrogen-bond acceptors (Lipinski definition) is 11. The van der Waals surface area contributed by atoms with E-state index in [1.807, 2.05) is 101 Å². The molecule has 13 aromatic rings. The van der Waals surface area contributed by atoms with Crippen LogP contribution in [-0.4, -0.2) is 0 Å². The number of ether oxygens (including phenoxy) is 2. The van der Waals surface area contributed by atoms with Gasteiger partial charge in [0.05, 0.1) is 33.0 Å². The molecular weight excluding hydrogens is 1110 g/mol. The molecule has 0 aliphatic carbocycles. The Bertz CT molecular complexity index is 4690. The lowest BCUT2D eigenvalue weighted by Crippen LogP contribution is -2.14. The van der Waals surface area contributed by atoms with Crippen LogP contribution in [0.25, 0.3) is 43.8 Å². The van der Waals surface area contributed by atoms with Crippen molar-refractivity contribution in [3.63, 3.8) is 0 Å². The van der Waals surface area contributed by atoms with Crippen molar-refractivity contribution in [2.75, 3.05) is 9.80 Å². The first-order chi connectivity index (χ1) is 40.1. The number of fused-ring (bicyclic) bond motifs is 12. The van der Waals surface area contributed by atoms with E-state index in [1.165, 1.54) is 58.7 Å². The molecule has 81 heavy (non-hydrogen) atoms. The summed E-state index contributed by atoms with van der Waals surface area (Å²) in [6, 6.07) is 87.6. The van der Waals surface area contributed by atoms with Gasteiger partial charge in [0.1, 0.15) is 11.2 Å². The fourth-order valence-corrected chi connectivity index (χ4v) is 18.2. The minimum absolute atomic E-state index is 0.639. The number of hydrogen-bond donors (Lipinski definition) is 0. The van der Waals surface area contributed by atoms with Crippen molar-refractivity contribution in [2.24, 2.45) is 0 Å². The zero-order chi connectivity index (χ0) is 53.1. The zero-order valence-electron chi connectivity index (χ0n) is 42.7. The lowest BCUT2D eigenvalue weighted by atomic mass is 9.95. The zero-order valence-corrected chi connectivity index (χ0v) is 47.6. The molecule has 4 aliphatic rings. The van der Waals surface area contributed by atoms with Crippen LogP contribution in [0.1, 0.15) is 0 Å². The lowest BCUT2D eigenvalue weighted by Gasteiger charge is -2.33. The van der Waals surface area contributed by atoms with Gasteiger partial charge in [-0.3, -0.25) is 0 Å². The number of benzene rings is 12. The molecule has 384 valence electrons. The molecule has 4 aliphatic heterocycles. The Labute approximate surface area is 492 Å². The van der Waals surface area contributed by atoms with Crippen LogP contribution in [-0.2, 0) is 0 Å². The predicted molar refractivity (Wildman–Crippen MR) is 337 cm³/mol. The van der Waals surface area contributed by atoms with Gasteiger partial charge in [-0.25, -0.2) is 0 Å². The highest BCUT2D eigenvalue weighted by Crippen LogP contribution is 2.59. The van der Waals surface area contributed by atoms with Gasteiger partial charge >= 0.3 is 0 Å². The van der Waals surface area contributed by atoms with Crippen molar-refractivity contribution in [1.29, 1.82) is 0 Å². The van der Waals surface area contributed by atoms with Gasteiger partial charge in [-0.15, -0.1) is 0 Å². The predicted octanol–water partition coefficient (Wildman–Crippen LogP) is 23.1. The second-order valence-corrected chi connectivity index (χ2v) is 26.4. The third-order valence-electron chi connectivity index (χ3n) is 15.0. The third-order valence-corrected chi connectivity index (χ3v) is 22.7. The quantitative estimate of drug-likeness (QED) is 0.153. The molecule has 0 bridgehead atoms. The number of furan rings is 1. The van der Waals surface area contributed by atoms with Crippen LogP contribution in [0.15, 0.2) is 306 Å². The summed E-state index contributed by atoms with van der Waals surface area (Å²) < 4.78 is 20.3. The summed E-state index contributed by atoms with van der Waals surface area (Å²) in [5, 5.41) is 4.32. The fraction of sp³-hybridized carbons (Fsp3) is 0. The first-order valence-electron chi connectivity index (χ1n) is 26.5. The number of anilines is 6. The molecule has 5 nitrogen and oxygen atoms in total. The highest BCUT2D eigenvalue weighted by atomic mass is 32.2. The van der Waals surface area contributed by atoms with Crippen molar-refractivity contribution in [3.05, 3.63) is 243 Å². The Balaban J connectivity index is 0.918. The highest BCUT2D eigenvalue weighted by molar-refractivity contribution is 8.06. The molecule has 0 N–H and O–H groups in total. The van der Waals surface area contributed by atoms with Crippen LogP contribution < -0.4 is 19.3 Å². The smallest absolute Gasteiger partial charge is 0.172 e. The standard InChI is InChI=1S/C70H40N2O3S6/c1-2-15-42-35-50(72(46-30-33-65-68(40-46)80-61-24-10-8-22-59(61)77-65)49-17-13-27-66-70(49)81-63-26-12-11-25-62(63)78-66)48(34-41(42)14-1)43-36-51(69-47-16-3-4-18-52(47)73-57(69)37-43)71(44-28-31-55-56(38-44)75-54-20-6-5-19-53(54)74-55)45-29-32-64-67(39-45)79-60-23-9-7-21-58(60)76-64/h1-40H. The van der Waals surface area contributed by atoms with E-state index in [-0.39, 0.29) is 0 Å². The average Bonchev–Trinajstić information content (AvgIpc) is 4.09. The molecule has 0 atom stereocenters. The first kappa shape index (κ1) is 47.8. The van der Waals surface area contributed by atoms with E-state index in [1.54, 1.807) is 0 Å². The van der Waals surface area contributed by atoms with Crippen molar-refractivity contribution >= 4 is 137 Å². The maximum Gasteiger partial charge on any atom is 0.172 e. The molecule has 0 spiro atoms. The number of rotatable bonds is 7. The van der Waals surface area contributed by atoms with E-state index >= 15 is 0 Å². The van der Waals surface area contributed by atoms with E-state index in [2.05, 4.69) is 222 Å². The van der Waals surface area contributed by atoms with E-state index in [0.717, 1.165) is 78.0 Å². The molecule has 12 aromatic carbocycles. The van der Waals surface area contributed by atoms with Gasteiger partial charge in [0.15, 0.2) is 23.0 Å². The van der Waals surface area contributed by atoms with Gasteiger partial charge in [0.2, 0.25) is 0 Å². The number of nitrogens with zero attached hydrogens (tertiary/aromatic N) is 2. The Hall–Kier alpha value is -8.00. The molecular formula is C70H40N2O3S6. The monoisotopic (exact) mass is 1150 g/mol. The summed E-state index contributed by atoms with van der Waals surface area (Å²) in [5.74, 6) is 2.66. The van der Waals surface area contributed by atoms with Gasteiger partial charge in [0, 0.05) is 82.2 Å². The Kier molecular flexibility index (Phi) is 11.4. The Morgan fingerprint density at radius 2 is 0.778 bits per heavy atom. The molecule has 1 aromatic heterocycles. The van der Waals surface area contributed by atoms with Crippen LogP contribution in [0, 0.1) is 0 Å². The maximum atomic E-state index is 7.09. The second kappa shape index (κ2) is 19.3. The molecule has 0 amide bonds. The second-order valence-electron chi connectivity index (χ2n) is 20.0. The van der Waals surface area contributed by atoms with Crippen LogP contribution in [0.5, 0.6) is 23.0 Å². The third kappa shape index (κ3) is 8.23. The summed E-state index contributed by atoms with van der Waals surface area (Å²) in [7, 11) is 0. The van der Waals surface area contributed by atoms with Crippen LogP contribution in [0.3, 0.4) is 0 Å². The molecule has 0 radical (unpaired) electrons. The minimum Gasteiger partial charge on any atom is -0.456 e. The normalized spacial score (nSPS) is 13.3. The summed E-state index contributed by atoms with van der Waals surface area (Å²) >= 11 is 11.0. The first-order valence-corrected chi connectivity index (χ1v) is 31.4. The summed E-state index contributed by atoms with van der Waals surface area (Å²) in [6.07, 6.45) is 0. The number of para-hydroxylation sites is 3. The van der Waals surface area contributed by atoms with E-state index in [4.69, 9.17) is 13.9 Å². The van der Waals surface area contributed by atoms with Crippen molar-refractivity contribution in [2.45, 2.75) is 58.7 Å². The van der Waals surface area contributed by atoms with Gasteiger partial charge in [0.25, 0.3) is 0 Å². The van der Waals surface area contributed by atoms with Crippen LogP contribution >= 0.6 is 70.6 Å². The van der Waals surface area contributed by atoms with E-state index < -0.39 is 0 Å². The van der Waals surface area contributed by atoms with E-state index in [9.17, 15) is 0 Å². The molecule has 0 fully saturated rings. The van der Waals surface area contributed by atoms with Crippen LogP contribution in [0.4, 0.5) is 34.1 Å². The van der Waals surface area contributed by atoms with Gasteiger partial charge < -0.3 is 23.7 Å². The Morgan fingerprint density at radius 1 is 0.284 bits per heavy atom. The summed E-state index contributed by atoms with van der Waals surface area (Å²) in [5.41, 5.74) is 9.76. The molecule has 0 saturated carbocycles. The summed E-state index contributed by atoms with van der Waals surface area (Å²) in [4.78, 5) is 19.8. The molecule has 11 heteroatoms. The molecule has 17 rings (SSSR count). The fourth-order valence-electron chi connectivity index (χ4n) is 11.3. The lowest BCUT2D eigenvalue weighted by molar-refractivity contribution is 0.360. The van der Waals surface area contributed by atoms with Crippen molar-refractivity contribution < 1.29 is 13.9 Å². The van der Waals surface area contributed by atoms with Gasteiger partial charge in [-0.2, -0.15) is 0 Å². The van der Waals surface area contributed by atoms with Crippen LogP contribution in [0.2, 0.25) is 0 Å².